The predicted molar refractivity (Wildman–Crippen MR) is 75.2 cm³/mol. The molecule has 1 fully saturated rings. The molecule has 19 heavy (non-hydrogen) atoms. The molecule has 4 nitrogen and oxygen atoms in total. The zero-order chi connectivity index (χ0) is 13.9. The highest BCUT2D eigenvalue weighted by Crippen LogP contribution is 2.23. The molecule has 1 aromatic carbocycles. The molecule has 0 bridgehead atoms. The summed E-state index contributed by atoms with van der Waals surface area (Å²) in [5, 5.41) is 9.77. The number of hydrogen-bond donors (Lipinski definition) is 1. The Kier molecular flexibility index (Phi) is 4.89. The van der Waals surface area contributed by atoms with Crippen molar-refractivity contribution in [3.63, 3.8) is 0 Å². The second kappa shape index (κ2) is 6.26. The Morgan fingerprint density at radius 3 is 2.63 bits per heavy atom. The third-order valence-corrected chi connectivity index (χ3v) is 5.92. The normalized spacial score (nSPS) is 24.3. The molecule has 0 amide bonds. The summed E-state index contributed by atoms with van der Waals surface area (Å²) in [5.74, 6) is -0.255. The van der Waals surface area contributed by atoms with Crippen LogP contribution in [-0.4, -0.2) is 44.9 Å². The number of rotatable bonds is 4. The van der Waals surface area contributed by atoms with Crippen molar-refractivity contribution >= 4 is 21.6 Å². The van der Waals surface area contributed by atoms with E-state index in [-0.39, 0.29) is 18.3 Å². The van der Waals surface area contributed by atoms with Crippen LogP contribution in [0.2, 0.25) is 0 Å². The molecule has 1 saturated heterocycles. The Hall–Kier alpha value is -0.560. The number of thioether (sulfide) groups is 1. The first-order chi connectivity index (χ1) is 9.03. The first-order valence-corrected chi connectivity index (χ1v) is 9.03. The third kappa shape index (κ3) is 3.72. The molecule has 1 aromatic rings. The Labute approximate surface area is 118 Å². The highest BCUT2D eigenvalue weighted by atomic mass is 32.2. The minimum Gasteiger partial charge on any atom is -0.390 e. The van der Waals surface area contributed by atoms with Crippen LogP contribution in [0.1, 0.15) is 6.42 Å². The van der Waals surface area contributed by atoms with Crippen molar-refractivity contribution < 1.29 is 18.3 Å². The molecule has 1 heterocycles. The minimum absolute atomic E-state index is 0.0177. The maximum atomic E-state index is 12.3. The van der Waals surface area contributed by atoms with Gasteiger partial charge in [-0.05, 0) is 36.9 Å². The van der Waals surface area contributed by atoms with E-state index >= 15 is 0 Å². The lowest BCUT2D eigenvalue weighted by molar-refractivity contribution is -0.0370. The number of hydrogen-bond acceptors (Lipinski definition) is 5. The highest BCUT2D eigenvalue weighted by Gasteiger charge is 2.29. The van der Waals surface area contributed by atoms with Crippen LogP contribution >= 0.6 is 11.8 Å². The van der Waals surface area contributed by atoms with E-state index in [1.54, 1.807) is 36.0 Å². The van der Waals surface area contributed by atoms with Crippen LogP contribution in [0.5, 0.6) is 0 Å². The first-order valence-electron chi connectivity index (χ1n) is 6.15. The molecule has 0 aliphatic carbocycles. The number of aliphatic hydroxyl groups is 1. The molecule has 1 N–H and O–H groups in total. The molecule has 6 heteroatoms. The Morgan fingerprint density at radius 1 is 1.37 bits per heavy atom. The Bertz CT molecular complexity index is 510. The van der Waals surface area contributed by atoms with Gasteiger partial charge in [0.2, 0.25) is 0 Å². The van der Waals surface area contributed by atoms with Crippen LogP contribution in [0.25, 0.3) is 0 Å². The topological polar surface area (TPSA) is 63.6 Å². The van der Waals surface area contributed by atoms with Gasteiger partial charge in [0, 0.05) is 17.4 Å². The lowest BCUT2D eigenvalue weighted by Gasteiger charge is -2.27. The van der Waals surface area contributed by atoms with Gasteiger partial charge in [-0.2, -0.15) is 0 Å². The second-order valence-corrected chi connectivity index (χ2v) is 7.56. The monoisotopic (exact) mass is 302 g/mol. The molecule has 0 saturated carbocycles. The summed E-state index contributed by atoms with van der Waals surface area (Å²) < 4.78 is 29.7. The second-order valence-electron chi connectivity index (χ2n) is 4.65. The summed E-state index contributed by atoms with van der Waals surface area (Å²) >= 11 is 1.57. The molecule has 0 unspecified atom stereocenters. The van der Waals surface area contributed by atoms with Crippen molar-refractivity contribution in [1.29, 1.82) is 0 Å². The van der Waals surface area contributed by atoms with Crippen molar-refractivity contribution in [2.45, 2.75) is 22.3 Å². The van der Waals surface area contributed by atoms with Crippen LogP contribution in [0, 0.1) is 5.92 Å². The molecular formula is C13H18O4S2. The predicted octanol–water partition coefficient (Wildman–Crippen LogP) is 1.58. The smallest absolute Gasteiger partial charge is 0.178 e. The van der Waals surface area contributed by atoms with E-state index in [1.165, 1.54) is 0 Å². The summed E-state index contributed by atoms with van der Waals surface area (Å²) in [6, 6.07) is 6.87. The van der Waals surface area contributed by atoms with Gasteiger partial charge in [0.1, 0.15) is 0 Å². The standard InChI is InChI=1S/C13H18O4S2/c1-18-11-2-4-12(5-3-11)19(15,16)9-10-6-7-17-8-13(10)14/h2-5,10,13-14H,6-9H2,1H3/t10-,13+/m0/s1. The molecule has 2 rings (SSSR count). The van der Waals surface area contributed by atoms with Crippen LogP contribution in [-0.2, 0) is 14.6 Å². The van der Waals surface area contributed by atoms with E-state index in [1.807, 2.05) is 6.26 Å². The fourth-order valence-electron chi connectivity index (χ4n) is 2.12. The summed E-state index contributed by atoms with van der Waals surface area (Å²) in [6.07, 6.45) is 1.85. The van der Waals surface area contributed by atoms with Gasteiger partial charge in [-0.1, -0.05) is 0 Å². The van der Waals surface area contributed by atoms with Crippen LogP contribution in [0.3, 0.4) is 0 Å². The quantitative estimate of drug-likeness (QED) is 0.856. The number of ether oxygens (including phenoxy) is 1. The maximum absolute atomic E-state index is 12.3. The van der Waals surface area contributed by atoms with Gasteiger partial charge < -0.3 is 9.84 Å². The van der Waals surface area contributed by atoms with E-state index in [2.05, 4.69) is 0 Å². The van der Waals surface area contributed by atoms with Gasteiger partial charge in [-0.3, -0.25) is 0 Å². The third-order valence-electron chi connectivity index (χ3n) is 3.32. The molecule has 106 valence electrons. The number of aliphatic hydroxyl groups excluding tert-OH is 1. The van der Waals surface area contributed by atoms with E-state index in [9.17, 15) is 13.5 Å². The van der Waals surface area contributed by atoms with Crippen molar-refractivity contribution in [3.05, 3.63) is 24.3 Å². The molecule has 0 radical (unpaired) electrons. The number of benzene rings is 1. The number of sulfone groups is 1. The van der Waals surface area contributed by atoms with Gasteiger partial charge >= 0.3 is 0 Å². The molecule has 1 aliphatic rings. The average molecular weight is 302 g/mol. The minimum atomic E-state index is -3.34. The van der Waals surface area contributed by atoms with Crippen LogP contribution < -0.4 is 0 Å². The van der Waals surface area contributed by atoms with Gasteiger partial charge in [-0.15, -0.1) is 11.8 Å². The van der Waals surface area contributed by atoms with Crippen molar-refractivity contribution in [2.75, 3.05) is 25.2 Å². The SMILES string of the molecule is CSc1ccc(S(=O)(=O)C[C@@H]2CCOC[C@H]2O)cc1. The van der Waals surface area contributed by atoms with Gasteiger partial charge in [-0.25, -0.2) is 8.42 Å². The molecule has 1 aliphatic heterocycles. The van der Waals surface area contributed by atoms with E-state index in [0.717, 1.165) is 4.90 Å². The lowest BCUT2D eigenvalue weighted by Crippen LogP contribution is -2.36. The van der Waals surface area contributed by atoms with Gasteiger partial charge in [0.15, 0.2) is 9.84 Å². The van der Waals surface area contributed by atoms with Gasteiger partial charge in [0.05, 0.1) is 23.4 Å². The summed E-state index contributed by atoms with van der Waals surface area (Å²) in [6.45, 7) is 0.744. The van der Waals surface area contributed by atoms with E-state index in [0.29, 0.717) is 17.9 Å². The zero-order valence-electron chi connectivity index (χ0n) is 10.8. The molecule has 0 aromatic heterocycles. The average Bonchev–Trinajstić information content (AvgIpc) is 2.41. The van der Waals surface area contributed by atoms with Crippen molar-refractivity contribution in [1.82, 2.24) is 0 Å². The van der Waals surface area contributed by atoms with Gasteiger partial charge in [0.25, 0.3) is 0 Å². The van der Waals surface area contributed by atoms with E-state index in [4.69, 9.17) is 4.74 Å². The fraction of sp³-hybridized carbons (Fsp3) is 0.538. The fourth-order valence-corrected chi connectivity index (χ4v) is 4.23. The first kappa shape index (κ1) is 14.8. The zero-order valence-corrected chi connectivity index (χ0v) is 12.4. The van der Waals surface area contributed by atoms with Crippen LogP contribution in [0.4, 0.5) is 0 Å². The van der Waals surface area contributed by atoms with Crippen molar-refractivity contribution in [2.24, 2.45) is 5.92 Å². The van der Waals surface area contributed by atoms with Crippen LogP contribution in [0.15, 0.2) is 34.1 Å². The summed E-state index contributed by atoms with van der Waals surface area (Å²) in [5.41, 5.74) is 0. The maximum Gasteiger partial charge on any atom is 0.178 e. The lowest BCUT2D eigenvalue weighted by atomic mass is 10.00. The Balaban J connectivity index is 2.12. The highest BCUT2D eigenvalue weighted by molar-refractivity contribution is 7.98. The Morgan fingerprint density at radius 2 is 2.05 bits per heavy atom. The largest absolute Gasteiger partial charge is 0.390 e. The summed E-state index contributed by atoms with van der Waals surface area (Å²) in [7, 11) is -3.34. The van der Waals surface area contributed by atoms with E-state index < -0.39 is 15.9 Å². The van der Waals surface area contributed by atoms with Crippen molar-refractivity contribution in [3.8, 4) is 0 Å². The molecular weight excluding hydrogens is 284 g/mol. The summed E-state index contributed by atoms with van der Waals surface area (Å²) in [4.78, 5) is 1.36. The molecule has 0 spiro atoms. The molecule has 2 atom stereocenters.